The van der Waals surface area contributed by atoms with E-state index in [1.165, 1.54) is 11.0 Å². The summed E-state index contributed by atoms with van der Waals surface area (Å²) in [6.45, 7) is 3.84. The molecule has 0 saturated heterocycles. The van der Waals surface area contributed by atoms with Crippen molar-refractivity contribution >= 4 is 30.0 Å². The highest BCUT2D eigenvalue weighted by Gasteiger charge is 2.12. The second-order valence-corrected chi connectivity index (χ2v) is 5.25. The number of H-pyrrole nitrogens is 1. The zero-order valence-corrected chi connectivity index (χ0v) is 13.4. The van der Waals surface area contributed by atoms with Crippen LogP contribution in [-0.2, 0) is 0 Å². The van der Waals surface area contributed by atoms with Gasteiger partial charge in [-0.3, -0.25) is 5.10 Å². The maximum Gasteiger partial charge on any atom is 0.216 e. The molecule has 0 atom stereocenters. The Morgan fingerprint density at radius 1 is 1.48 bits per heavy atom. The molecular formula is C13H15ClN4O2S. The highest BCUT2D eigenvalue weighted by molar-refractivity contribution is 7.71. The Labute approximate surface area is 132 Å². The van der Waals surface area contributed by atoms with Gasteiger partial charge in [-0.1, -0.05) is 11.6 Å². The predicted octanol–water partition coefficient (Wildman–Crippen LogP) is 3.27. The molecule has 112 valence electrons. The largest absolute Gasteiger partial charge is 0.493 e. The fourth-order valence-electron chi connectivity index (χ4n) is 1.62. The molecule has 6 nitrogen and oxygen atoms in total. The van der Waals surface area contributed by atoms with E-state index >= 15 is 0 Å². The third kappa shape index (κ3) is 3.83. The van der Waals surface area contributed by atoms with Gasteiger partial charge in [0.05, 0.1) is 24.5 Å². The van der Waals surface area contributed by atoms with E-state index in [2.05, 4.69) is 15.3 Å². The molecule has 0 unspecified atom stereocenters. The molecule has 0 radical (unpaired) electrons. The number of rotatable bonds is 5. The number of nitrogens with one attached hydrogen (secondary N) is 1. The van der Waals surface area contributed by atoms with Crippen molar-refractivity contribution in [1.82, 2.24) is 14.9 Å². The first kappa shape index (κ1) is 15.5. The minimum atomic E-state index is 0.000163. The molecule has 2 aromatic rings. The monoisotopic (exact) mass is 326 g/mol. The van der Waals surface area contributed by atoms with Gasteiger partial charge in [0.25, 0.3) is 0 Å². The summed E-state index contributed by atoms with van der Waals surface area (Å²) >= 11 is 11.2. The fraction of sp³-hybridized carbons (Fsp3) is 0.308. The molecule has 8 heteroatoms. The summed E-state index contributed by atoms with van der Waals surface area (Å²) in [5.74, 6) is 1.07. The minimum Gasteiger partial charge on any atom is -0.493 e. The number of halogens is 1. The number of nitrogens with zero attached hydrogens (tertiary/aromatic N) is 3. The summed E-state index contributed by atoms with van der Waals surface area (Å²) in [7, 11) is 1.56. The lowest BCUT2D eigenvalue weighted by atomic mass is 10.2. The van der Waals surface area contributed by atoms with Crippen LogP contribution >= 0.6 is 23.8 Å². The highest BCUT2D eigenvalue weighted by atomic mass is 35.5. The number of ether oxygens (including phenoxy) is 2. The Kier molecular flexibility index (Phi) is 4.98. The molecule has 2 rings (SSSR count). The van der Waals surface area contributed by atoms with Crippen molar-refractivity contribution in [2.75, 3.05) is 7.11 Å². The van der Waals surface area contributed by atoms with Gasteiger partial charge in [0.1, 0.15) is 6.33 Å². The van der Waals surface area contributed by atoms with Gasteiger partial charge in [0, 0.05) is 0 Å². The third-order valence-corrected chi connectivity index (χ3v) is 3.03. The van der Waals surface area contributed by atoms with E-state index in [0.29, 0.717) is 21.3 Å². The van der Waals surface area contributed by atoms with Crippen molar-refractivity contribution in [2.24, 2.45) is 5.10 Å². The Balaban J connectivity index is 2.34. The van der Waals surface area contributed by atoms with Gasteiger partial charge in [0.15, 0.2) is 11.5 Å². The maximum absolute atomic E-state index is 6.24. The van der Waals surface area contributed by atoms with Crippen LogP contribution in [0, 0.1) is 4.77 Å². The summed E-state index contributed by atoms with van der Waals surface area (Å²) in [5.41, 5.74) is 0.760. The van der Waals surface area contributed by atoms with Crippen molar-refractivity contribution in [3.8, 4) is 11.5 Å². The van der Waals surface area contributed by atoms with Gasteiger partial charge < -0.3 is 9.47 Å². The van der Waals surface area contributed by atoms with Crippen LogP contribution in [0.4, 0.5) is 0 Å². The first-order chi connectivity index (χ1) is 10.0. The van der Waals surface area contributed by atoms with E-state index in [9.17, 15) is 0 Å². The Hall–Kier alpha value is -1.86. The third-order valence-electron chi connectivity index (χ3n) is 2.47. The van der Waals surface area contributed by atoms with Gasteiger partial charge in [-0.2, -0.15) is 14.9 Å². The van der Waals surface area contributed by atoms with Crippen LogP contribution in [0.2, 0.25) is 5.02 Å². The number of hydrogen-bond acceptors (Lipinski definition) is 5. The summed E-state index contributed by atoms with van der Waals surface area (Å²) in [5, 5.41) is 11.0. The van der Waals surface area contributed by atoms with Crippen molar-refractivity contribution in [2.45, 2.75) is 20.0 Å². The number of aromatic nitrogens is 3. The molecule has 0 spiro atoms. The Morgan fingerprint density at radius 3 is 2.81 bits per heavy atom. The molecule has 0 bridgehead atoms. The average molecular weight is 327 g/mol. The van der Waals surface area contributed by atoms with E-state index in [4.69, 9.17) is 33.3 Å². The summed E-state index contributed by atoms with van der Waals surface area (Å²) in [6, 6.07) is 3.53. The molecular weight excluding hydrogens is 312 g/mol. The van der Waals surface area contributed by atoms with E-state index in [-0.39, 0.29) is 6.10 Å². The van der Waals surface area contributed by atoms with Crippen LogP contribution in [0.5, 0.6) is 11.5 Å². The normalized spacial score (nSPS) is 11.3. The van der Waals surface area contributed by atoms with Crippen LogP contribution < -0.4 is 9.47 Å². The van der Waals surface area contributed by atoms with Crippen LogP contribution in [0.3, 0.4) is 0 Å². The summed E-state index contributed by atoms with van der Waals surface area (Å²) in [4.78, 5) is 0. The Bertz CT molecular complexity index is 708. The standard InChI is InChI=1S/C13H15ClN4O2S/c1-8(2)20-12-10(14)4-9(5-11(12)19-3)6-16-18-7-15-17-13(18)21/h4-8H,1-3H3,(H,17,21)/b16-6-. The molecule has 0 aliphatic carbocycles. The van der Waals surface area contributed by atoms with Gasteiger partial charge >= 0.3 is 0 Å². The van der Waals surface area contributed by atoms with E-state index in [1.807, 2.05) is 13.8 Å². The number of hydrogen-bond donors (Lipinski definition) is 1. The molecule has 1 N–H and O–H groups in total. The number of methoxy groups -OCH3 is 1. The Morgan fingerprint density at radius 2 is 2.24 bits per heavy atom. The smallest absolute Gasteiger partial charge is 0.216 e. The van der Waals surface area contributed by atoms with Gasteiger partial charge in [-0.15, -0.1) is 0 Å². The molecule has 0 aliphatic heterocycles. The predicted molar refractivity (Wildman–Crippen MR) is 84.2 cm³/mol. The summed E-state index contributed by atoms with van der Waals surface area (Å²) < 4.78 is 12.8. The molecule has 0 aliphatic rings. The van der Waals surface area contributed by atoms with Crippen molar-refractivity contribution in [3.63, 3.8) is 0 Å². The van der Waals surface area contributed by atoms with Crippen molar-refractivity contribution < 1.29 is 9.47 Å². The number of benzene rings is 1. The van der Waals surface area contributed by atoms with Crippen LogP contribution in [0.15, 0.2) is 23.6 Å². The van der Waals surface area contributed by atoms with Crippen LogP contribution in [0.25, 0.3) is 0 Å². The van der Waals surface area contributed by atoms with Gasteiger partial charge in [0.2, 0.25) is 4.77 Å². The molecule has 21 heavy (non-hydrogen) atoms. The minimum absolute atomic E-state index is 0.000163. The average Bonchev–Trinajstić information content (AvgIpc) is 2.84. The number of aromatic amines is 1. The first-order valence-corrected chi connectivity index (χ1v) is 7.00. The molecule has 0 amide bonds. The van der Waals surface area contributed by atoms with Crippen LogP contribution in [-0.4, -0.2) is 34.3 Å². The van der Waals surface area contributed by atoms with E-state index < -0.39 is 0 Å². The highest BCUT2D eigenvalue weighted by Crippen LogP contribution is 2.36. The molecule has 1 heterocycles. The lowest BCUT2D eigenvalue weighted by Crippen LogP contribution is -2.07. The zero-order valence-electron chi connectivity index (χ0n) is 11.8. The first-order valence-electron chi connectivity index (χ1n) is 6.22. The summed E-state index contributed by atoms with van der Waals surface area (Å²) in [6.07, 6.45) is 3.09. The van der Waals surface area contributed by atoms with Crippen LogP contribution in [0.1, 0.15) is 19.4 Å². The zero-order chi connectivity index (χ0) is 15.4. The topological polar surface area (TPSA) is 64.4 Å². The maximum atomic E-state index is 6.24. The molecule has 0 saturated carbocycles. The van der Waals surface area contributed by atoms with E-state index in [0.717, 1.165) is 5.56 Å². The molecule has 0 fully saturated rings. The van der Waals surface area contributed by atoms with E-state index in [1.54, 1.807) is 25.5 Å². The van der Waals surface area contributed by atoms with Gasteiger partial charge in [-0.05, 0) is 43.8 Å². The lowest BCUT2D eigenvalue weighted by molar-refractivity contribution is 0.230. The van der Waals surface area contributed by atoms with Crippen molar-refractivity contribution in [1.29, 1.82) is 0 Å². The molecule has 1 aromatic heterocycles. The lowest BCUT2D eigenvalue weighted by Gasteiger charge is -2.15. The van der Waals surface area contributed by atoms with Gasteiger partial charge in [-0.25, -0.2) is 0 Å². The van der Waals surface area contributed by atoms with Crippen molar-refractivity contribution in [3.05, 3.63) is 33.8 Å². The SMILES string of the molecule is COc1cc(/C=N\n2cn[nH]c2=S)cc(Cl)c1OC(C)C. The molecule has 1 aromatic carbocycles. The fourth-order valence-corrected chi connectivity index (χ4v) is 2.03. The second kappa shape index (κ2) is 6.73. The quantitative estimate of drug-likeness (QED) is 0.676. The second-order valence-electron chi connectivity index (χ2n) is 4.45.